The van der Waals surface area contributed by atoms with Crippen molar-refractivity contribution in [2.75, 3.05) is 24.3 Å². The third kappa shape index (κ3) is 5.28. The lowest BCUT2D eigenvalue weighted by molar-refractivity contribution is -0.273. The number of ether oxygens (including phenoxy) is 2. The van der Waals surface area contributed by atoms with E-state index in [1.807, 2.05) is 0 Å². The topological polar surface area (TPSA) is 113 Å². The Labute approximate surface area is 211 Å². The van der Waals surface area contributed by atoms with Crippen molar-refractivity contribution in [1.29, 1.82) is 0 Å². The Bertz CT molecular complexity index is 1360. The number of anilines is 2. The number of methoxy groups -OCH3 is 1. The molecule has 3 heterocycles. The monoisotopic (exact) mass is 544 g/mol. The van der Waals surface area contributed by atoms with Gasteiger partial charge in [0.25, 0.3) is 0 Å². The summed E-state index contributed by atoms with van der Waals surface area (Å²) >= 11 is 0. The molecule has 204 valence electrons. The van der Waals surface area contributed by atoms with Gasteiger partial charge in [0.15, 0.2) is 5.75 Å². The molecule has 2 aromatic heterocycles. The Morgan fingerprint density at radius 1 is 1.16 bits per heavy atom. The van der Waals surface area contributed by atoms with Crippen molar-refractivity contribution >= 4 is 28.6 Å². The Kier molecular flexibility index (Phi) is 6.28. The number of carbonyl (C=O) groups excluding carboxylic acids is 1. The summed E-state index contributed by atoms with van der Waals surface area (Å²) in [7, 11) is 1.01. The fraction of sp³-hybridized carbons (Fsp3) is 0.435. The van der Waals surface area contributed by atoms with Gasteiger partial charge in [-0.15, -0.1) is 13.2 Å². The molecule has 1 saturated carbocycles. The molecule has 0 radical (unpaired) electrons. The number of amides is 1. The normalized spacial score (nSPS) is 18.9. The van der Waals surface area contributed by atoms with E-state index < -0.39 is 41.3 Å². The first-order chi connectivity index (χ1) is 17.9. The molecule has 1 unspecified atom stereocenters. The maximum atomic E-state index is 13.9. The van der Waals surface area contributed by atoms with E-state index in [1.165, 1.54) is 6.07 Å². The molecule has 1 aromatic carbocycles. The summed E-state index contributed by atoms with van der Waals surface area (Å²) in [5.74, 6) is -0.897. The number of nitrogens with one attached hydrogen (secondary N) is 4. The van der Waals surface area contributed by atoms with Crippen molar-refractivity contribution in [3.05, 3.63) is 30.1 Å². The van der Waals surface area contributed by atoms with Gasteiger partial charge in [-0.25, -0.2) is 14.8 Å². The number of H-pyrrole nitrogens is 1. The van der Waals surface area contributed by atoms with Crippen LogP contribution in [0.5, 0.6) is 5.75 Å². The molecule has 2 aliphatic rings. The van der Waals surface area contributed by atoms with Gasteiger partial charge in [-0.1, -0.05) is 0 Å². The summed E-state index contributed by atoms with van der Waals surface area (Å²) in [5.41, 5.74) is -2.37. The highest BCUT2D eigenvalue weighted by Gasteiger charge is 2.45. The highest BCUT2D eigenvalue weighted by atomic mass is 19.4. The zero-order valence-electron chi connectivity index (χ0n) is 19.8. The van der Waals surface area contributed by atoms with Crippen LogP contribution in [0, 0.1) is 0 Å². The van der Waals surface area contributed by atoms with Crippen molar-refractivity contribution in [2.45, 2.75) is 49.8 Å². The number of rotatable bonds is 5. The van der Waals surface area contributed by atoms with Crippen LogP contribution in [0.1, 0.15) is 31.2 Å². The predicted octanol–water partition coefficient (Wildman–Crippen LogP) is 5.42. The molecule has 4 N–H and O–H groups in total. The van der Waals surface area contributed by atoms with Gasteiger partial charge in [0, 0.05) is 41.5 Å². The number of alkyl halides is 6. The van der Waals surface area contributed by atoms with E-state index in [9.17, 15) is 31.1 Å². The number of nitrogens with zero attached hydrogens (tertiary/aromatic N) is 2. The van der Waals surface area contributed by atoms with Gasteiger partial charge in [-0.3, -0.25) is 5.32 Å². The third-order valence-electron chi connectivity index (χ3n) is 6.68. The SMILES string of the molecule is COC(=O)Nc1ccc2c(-c3nc(NC4CCC5(CC5)NC4)ncc3C(F)(F)F)c[nH]c2c1OC(F)(F)F. The number of aromatic nitrogens is 3. The Balaban J connectivity index is 1.55. The van der Waals surface area contributed by atoms with Crippen LogP contribution in [-0.2, 0) is 10.9 Å². The molecule has 9 nitrogen and oxygen atoms in total. The predicted molar refractivity (Wildman–Crippen MR) is 124 cm³/mol. The first-order valence-corrected chi connectivity index (χ1v) is 11.6. The van der Waals surface area contributed by atoms with Crippen molar-refractivity contribution in [3.63, 3.8) is 0 Å². The molecular formula is C23H22F6N6O3. The number of aromatic amines is 1. The van der Waals surface area contributed by atoms with E-state index >= 15 is 0 Å². The molecule has 1 atom stereocenters. The van der Waals surface area contributed by atoms with Crippen molar-refractivity contribution in [1.82, 2.24) is 20.3 Å². The maximum absolute atomic E-state index is 13.9. The third-order valence-corrected chi connectivity index (χ3v) is 6.68. The van der Waals surface area contributed by atoms with Crippen LogP contribution in [0.15, 0.2) is 24.5 Å². The molecule has 0 bridgehead atoms. The van der Waals surface area contributed by atoms with Gasteiger partial charge >= 0.3 is 18.6 Å². The van der Waals surface area contributed by atoms with Crippen LogP contribution in [0.4, 0.5) is 42.8 Å². The van der Waals surface area contributed by atoms with Crippen LogP contribution >= 0.6 is 0 Å². The smallest absolute Gasteiger partial charge is 0.453 e. The Hall–Kier alpha value is -3.75. The fourth-order valence-corrected chi connectivity index (χ4v) is 4.58. The lowest BCUT2D eigenvalue weighted by Gasteiger charge is -2.30. The van der Waals surface area contributed by atoms with Crippen LogP contribution in [0.2, 0.25) is 0 Å². The second-order valence-corrected chi connectivity index (χ2v) is 9.23. The zero-order valence-corrected chi connectivity index (χ0v) is 19.8. The summed E-state index contributed by atoms with van der Waals surface area (Å²) in [6.45, 7) is 0.598. The van der Waals surface area contributed by atoms with Crippen molar-refractivity contribution in [2.24, 2.45) is 0 Å². The van der Waals surface area contributed by atoms with Crippen LogP contribution in [0.25, 0.3) is 22.2 Å². The minimum atomic E-state index is -5.16. The number of hydrogen-bond acceptors (Lipinski definition) is 7. The van der Waals surface area contributed by atoms with Crippen LogP contribution < -0.4 is 20.7 Å². The number of hydrogen-bond donors (Lipinski definition) is 4. The molecule has 1 amide bonds. The number of benzene rings is 1. The van der Waals surface area contributed by atoms with Crippen LogP contribution in [-0.4, -0.2) is 52.6 Å². The average Bonchev–Trinajstić information content (AvgIpc) is 3.46. The first kappa shape index (κ1) is 25.9. The number of fused-ring (bicyclic) bond motifs is 1. The van der Waals surface area contributed by atoms with E-state index in [0.29, 0.717) is 12.7 Å². The Morgan fingerprint density at radius 3 is 2.53 bits per heavy atom. The number of halogens is 6. The molecule has 2 fully saturated rings. The van der Waals surface area contributed by atoms with E-state index in [-0.39, 0.29) is 34.0 Å². The molecule has 5 rings (SSSR count). The van der Waals surface area contributed by atoms with Crippen molar-refractivity contribution < 1.29 is 40.6 Å². The summed E-state index contributed by atoms with van der Waals surface area (Å²) in [5, 5.41) is 8.55. The summed E-state index contributed by atoms with van der Waals surface area (Å²) < 4.78 is 89.8. The molecule has 38 heavy (non-hydrogen) atoms. The number of piperidine rings is 1. The molecule has 15 heteroatoms. The molecule has 3 aromatic rings. The van der Waals surface area contributed by atoms with Gasteiger partial charge in [0.2, 0.25) is 5.95 Å². The fourth-order valence-electron chi connectivity index (χ4n) is 4.58. The summed E-state index contributed by atoms with van der Waals surface area (Å²) in [4.78, 5) is 22.1. The van der Waals surface area contributed by atoms with Crippen molar-refractivity contribution in [3.8, 4) is 17.0 Å². The minimum Gasteiger partial charge on any atom is -0.453 e. The maximum Gasteiger partial charge on any atom is 0.573 e. The summed E-state index contributed by atoms with van der Waals surface area (Å²) in [6, 6.07) is 2.20. The lowest BCUT2D eigenvalue weighted by Crippen LogP contribution is -2.46. The average molecular weight is 544 g/mol. The highest BCUT2D eigenvalue weighted by molar-refractivity contribution is 6.03. The van der Waals surface area contributed by atoms with E-state index in [2.05, 4.69) is 40.4 Å². The van der Waals surface area contributed by atoms with Gasteiger partial charge in [0.1, 0.15) is 5.56 Å². The van der Waals surface area contributed by atoms with Gasteiger partial charge in [-0.05, 0) is 37.8 Å². The largest absolute Gasteiger partial charge is 0.573 e. The zero-order chi connectivity index (χ0) is 27.3. The lowest BCUT2D eigenvalue weighted by atomic mass is 9.99. The summed E-state index contributed by atoms with van der Waals surface area (Å²) in [6.07, 6.45) is -5.45. The second-order valence-electron chi connectivity index (χ2n) is 9.23. The Morgan fingerprint density at radius 2 is 1.92 bits per heavy atom. The molecule has 1 spiro atoms. The molecule has 1 saturated heterocycles. The first-order valence-electron chi connectivity index (χ1n) is 11.6. The molecule has 1 aliphatic carbocycles. The number of carbonyl (C=O) groups is 1. The van der Waals surface area contributed by atoms with Gasteiger partial charge < -0.3 is 25.1 Å². The van der Waals surface area contributed by atoms with E-state index in [1.54, 1.807) is 0 Å². The highest BCUT2D eigenvalue weighted by Crippen LogP contribution is 2.44. The standard InChI is InChI=1S/C23H22F6N6O3/c1-37-20(36)34-15-3-2-12-13(9-30-17(12)18(15)38-23(27,28)29)16-14(22(24,25)26)10-31-19(35-16)33-11-4-5-21(6-7-21)32-8-11/h2-3,9-11,30,32H,4-8H2,1H3,(H,34,36)(H,31,33,35). The van der Waals surface area contributed by atoms with Gasteiger partial charge in [-0.2, -0.15) is 13.2 Å². The van der Waals surface area contributed by atoms with E-state index in [4.69, 9.17) is 0 Å². The van der Waals surface area contributed by atoms with Crippen LogP contribution in [0.3, 0.4) is 0 Å². The quantitative estimate of drug-likeness (QED) is 0.318. The second kappa shape index (κ2) is 9.22. The van der Waals surface area contributed by atoms with Gasteiger partial charge in [0.05, 0.1) is 24.0 Å². The minimum absolute atomic E-state index is 0.0448. The van der Waals surface area contributed by atoms with E-state index in [0.717, 1.165) is 45.1 Å². The molecule has 1 aliphatic heterocycles. The molecular weight excluding hydrogens is 522 g/mol.